The van der Waals surface area contributed by atoms with Crippen LogP contribution in [-0.2, 0) is 24.4 Å². The van der Waals surface area contributed by atoms with Crippen molar-refractivity contribution in [2.24, 2.45) is 0 Å². The maximum Gasteiger partial charge on any atom is 0.222 e. The number of aryl methyl sites for hydroxylation is 1. The van der Waals surface area contributed by atoms with E-state index in [9.17, 15) is 15.0 Å². The Kier molecular flexibility index (Phi) is 9.86. The number of rotatable bonds is 11. The second-order valence-electron chi connectivity index (χ2n) is 6.70. The zero-order valence-electron chi connectivity index (χ0n) is 15.6. The van der Waals surface area contributed by atoms with Crippen LogP contribution in [0.1, 0.15) is 50.1 Å². The van der Waals surface area contributed by atoms with Crippen molar-refractivity contribution in [3.05, 3.63) is 29.1 Å². The molecule has 0 aromatic carbocycles. The van der Waals surface area contributed by atoms with Crippen molar-refractivity contribution in [1.29, 1.82) is 0 Å². The molecule has 1 aromatic heterocycles. The molecule has 1 amide bonds. The van der Waals surface area contributed by atoms with Gasteiger partial charge in [0.1, 0.15) is 0 Å². The van der Waals surface area contributed by atoms with Gasteiger partial charge in [0.25, 0.3) is 0 Å². The topological polar surface area (TPSA) is 73.7 Å². The lowest BCUT2D eigenvalue weighted by Gasteiger charge is -2.24. The molecule has 0 saturated carbocycles. The monoisotopic (exact) mass is 386 g/mol. The first-order valence-electron chi connectivity index (χ1n) is 8.47. The second-order valence-corrected chi connectivity index (χ2v) is 9.81. The molecule has 7 heteroatoms. The van der Waals surface area contributed by atoms with E-state index in [0.29, 0.717) is 24.4 Å². The van der Waals surface area contributed by atoms with Crippen molar-refractivity contribution in [1.82, 2.24) is 9.88 Å². The molecule has 0 unspecified atom stereocenters. The number of nitrogens with zero attached hydrogens (tertiary/aromatic N) is 2. The smallest absolute Gasteiger partial charge is 0.222 e. The summed E-state index contributed by atoms with van der Waals surface area (Å²) in [5, 5.41) is 18.5. The lowest BCUT2D eigenvalue weighted by Crippen LogP contribution is -2.29. The maximum absolute atomic E-state index is 12.3. The average molecular weight is 387 g/mol. The highest BCUT2D eigenvalue weighted by atomic mass is 33.1. The Bertz CT molecular complexity index is 531. The van der Waals surface area contributed by atoms with Crippen LogP contribution >= 0.6 is 21.6 Å². The average Bonchev–Trinajstić information content (AvgIpc) is 2.59. The maximum atomic E-state index is 12.3. The van der Waals surface area contributed by atoms with Crippen LogP contribution in [-0.4, -0.2) is 50.6 Å². The molecule has 0 atom stereocenters. The van der Waals surface area contributed by atoms with Gasteiger partial charge in [-0.1, -0.05) is 21.6 Å². The van der Waals surface area contributed by atoms with Crippen LogP contribution in [0.2, 0.25) is 0 Å². The summed E-state index contributed by atoms with van der Waals surface area (Å²) in [7, 11) is 5.39. The van der Waals surface area contributed by atoms with Crippen molar-refractivity contribution in [3.8, 4) is 0 Å². The molecule has 0 aliphatic heterocycles. The molecule has 0 fully saturated rings. The molecule has 0 saturated heterocycles. The van der Waals surface area contributed by atoms with E-state index in [2.05, 4.69) is 25.1 Å². The van der Waals surface area contributed by atoms with Gasteiger partial charge in [0.2, 0.25) is 5.91 Å². The van der Waals surface area contributed by atoms with Crippen molar-refractivity contribution >= 4 is 27.5 Å². The summed E-state index contributed by atoms with van der Waals surface area (Å²) >= 11 is 0. The number of hydrogen-bond donors (Lipinski definition) is 2. The van der Waals surface area contributed by atoms with Gasteiger partial charge in [0, 0.05) is 24.8 Å². The van der Waals surface area contributed by atoms with Gasteiger partial charge in [-0.3, -0.25) is 9.78 Å². The van der Waals surface area contributed by atoms with Crippen molar-refractivity contribution in [2.75, 3.05) is 19.8 Å². The van der Waals surface area contributed by atoms with Crippen LogP contribution in [0.3, 0.4) is 0 Å². The summed E-state index contributed by atoms with van der Waals surface area (Å²) < 4.78 is 0.106. The molecule has 1 rings (SSSR count). The molecule has 0 aliphatic rings. The normalized spacial score (nSPS) is 11.6. The highest BCUT2D eigenvalue weighted by Gasteiger charge is 2.20. The van der Waals surface area contributed by atoms with Gasteiger partial charge in [-0.05, 0) is 57.1 Å². The van der Waals surface area contributed by atoms with Gasteiger partial charge >= 0.3 is 0 Å². The Morgan fingerprint density at radius 1 is 1.24 bits per heavy atom. The Hall–Kier alpha value is -0.760. The third-order valence-corrected chi connectivity index (χ3v) is 6.63. The fourth-order valence-electron chi connectivity index (χ4n) is 2.54. The van der Waals surface area contributed by atoms with Crippen LogP contribution < -0.4 is 0 Å². The lowest BCUT2D eigenvalue weighted by atomic mass is 10.1. The lowest BCUT2D eigenvalue weighted by molar-refractivity contribution is -0.130. The van der Waals surface area contributed by atoms with E-state index in [4.69, 9.17) is 0 Å². The van der Waals surface area contributed by atoms with Gasteiger partial charge < -0.3 is 15.1 Å². The Labute approximate surface area is 159 Å². The van der Waals surface area contributed by atoms with E-state index < -0.39 is 0 Å². The number of hydrogen-bond acceptors (Lipinski definition) is 6. The molecule has 25 heavy (non-hydrogen) atoms. The van der Waals surface area contributed by atoms with Gasteiger partial charge in [-0.15, -0.1) is 0 Å². The Balaban J connectivity index is 2.43. The first-order valence-corrected chi connectivity index (χ1v) is 11.0. The molecule has 1 aromatic rings. The van der Waals surface area contributed by atoms with Gasteiger partial charge in [-0.2, -0.15) is 0 Å². The molecule has 0 bridgehead atoms. The Morgan fingerprint density at radius 3 is 2.36 bits per heavy atom. The van der Waals surface area contributed by atoms with E-state index in [0.717, 1.165) is 24.8 Å². The van der Waals surface area contributed by atoms with Crippen molar-refractivity contribution in [2.45, 2.75) is 57.5 Å². The zero-order chi connectivity index (χ0) is 18.9. The first kappa shape index (κ1) is 22.3. The van der Waals surface area contributed by atoms with E-state index in [1.54, 1.807) is 15.7 Å². The number of carbonyl (C=O) groups excluding carboxylic acids is 1. The Morgan fingerprint density at radius 2 is 1.84 bits per heavy atom. The molecule has 142 valence electrons. The number of aromatic nitrogens is 1. The van der Waals surface area contributed by atoms with Crippen LogP contribution in [0.15, 0.2) is 12.1 Å². The molecule has 1 heterocycles. The largest absolute Gasteiger partial charge is 0.390 e. The van der Waals surface area contributed by atoms with Crippen LogP contribution in [0.5, 0.6) is 0 Å². The SMILES string of the molecule is CSSC(C)(C)CCC(=O)N(C)CCCc1cc(CO)nc(CO)c1. The standard InChI is InChI=1S/C18H30N2O3S2/c1-18(2,25-24-4)8-7-17(23)20(3)9-5-6-14-10-15(12-21)19-16(11-14)13-22/h10-11,21-22H,5-9,12-13H2,1-4H3. The van der Waals surface area contributed by atoms with E-state index in [-0.39, 0.29) is 23.9 Å². The summed E-state index contributed by atoms with van der Waals surface area (Å²) in [5.41, 5.74) is 2.17. The minimum atomic E-state index is -0.136. The molecule has 0 aliphatic carbocycles. The third-order valence-electron chi connectivity index (χ3n) is 3.95. The fraction of sp³-hybridized carbons (Fsp3) is 0.667. The highest BCUT2D eigenvalue weighted by Crippen LogP contribution is 2.37. The fourth-order valence-corrected chi connectivity index (χ4v) is 4.78. The first-order chi connectivity index (χ1) is 11.8. The molecular weight excluding hydrogens is 356 g/mol. The summed E-state index contributed by atoms with van der Waals surface area (Å²) in [6, 6.07) is 3.70. The van der Waals surface area contributed by atoms with Crippen molar-refractivity contribution in [3.63, 3.8) is 0 Å². The molecular formula is C18H30N2O3S2. The number of pyridine rings is 1. The third kappa shape index (κ3) is 8.44. The minimum absolute atomic E-state index is 0.106. The molecule has 2 N–H and O–H groups in total. The number of amides is 1. The van der Waals surface area contributed by atoms with E-state index in [1.165, 1.54) is 0 Å². The summed E-state index contributed by atoms with van der Waals surface area (Å²) in [4.78, 5) is 18.2. The van der Waals surface area contributed by atoms with Gasteiger partial charge in [0.15, 0.2) is 0 Å². The van der Waals surface area contributed by atoms with Crippen LogP contribution in [0.4, 0.5) is 0 Å². The van der Waals surface area contributed by atoms with Crippen molar-refractivity contribution < 1.29 is 15.0 Å². The second kappa shape index (κ2) is 11.1. The predicted octanol–water partition coefficient (Wildman–Crippen LogP) is 3.03. The molecule has 5 nitrogen and oxygen atoms in total. The molecule has 0 radical (unpaired) electrons. The molecule has 0 spiro atoms. The van der Waals surface area contributed by atoms with Crippen LogP contribution in [0, 0.1) is 0 Å². The quantitative estimate of drug-likeness (QED) is 0.570. The zero-order valence-corrected chi connectivity index (χ0v) is 17.3. The van der Waals surface area contributed by atoms with E-state index >= 15 is 0 Å². The summed E-state index contributed by atoms with van der Waals surface area (Å²) in [6.07, 6.45) is 5.12. The number of aliphatic hydroxyl groups is 2. The number of aliphatic hydroxyl groups excluding tert-OH is 2. The summed E-state index contributed by atoms with van der Waals surface area (Å²) in [5.74, 6) is 0.177. The van der Waals surface area contributed by atoms with Crippen LogP contribution in [0.25, 0.3) is 0 Å². The highest BCUT2D eigenvalue weighted by molar-refractivity contribution is 8.76. The van der Waals surface area contributed by atoms with Gasteiger partial charge in [-0.25, -0.2) is 0 Å². The van der Waals surface area contributed by atoms with Gasteiger partial charge in [0.05, 0.1) is 24.6 Å². The van der Waals surface area contributed by atoms with E-state index in [1.807, 2.05) is 30.0 Å². The summed E-state index contributed by atoms with van der Waals surface area (Å²) in [6.45, 7) is 4.76. The number of carbonyl (C=O) groups is 1. The minimum Gasteiger partial charge on any atom is -0.390 e. The predicted molar refractivity (Wildman–Crippen MR) is 106 cm³/mol.